The normalized spacial score (nSPS) is 30.5. The van der Waals surface area contributed by atoms with Crippen LogP contribution < -0.4 is 10.6 Å². The Balaban J connectivity index is 2.02. The van der Waals surface area contributed by atoms with Crippen molar-refractivity contribution in [2.24, 2.45) is 5.73 Å². The van der Waals surface area contributed by atoms with E-state index in [9.17, 15) is 4.39 Å². The highest BCUT2D eigenvalue weighted by Gasteiger charge is 2.38. The number of piperidine rings is 2. The summed E-state index contributed by atoms with van der Waals surface area (Å²) >= 11 is 9.73. The molecule has 0 amide bonds. The van der Waals surface area contributed by atoms with E-state index in [4.69, 9.17) is 17.3 Å². The fourth-order valence-electron chi connectivity index (χ4n) is 3.57. The van der Waals surface area contributed by atoms with Gasteiger partial charge in [0, 0.05) is 22.6 Å². The topological polar surface area (TPSA) is 29.3 Å². The van der Waals surface area contributed by atoms with E-state index in [1.54, 1.807) is 0 Å². The van der Waals surface area contributed by atoms with Crippen LogP contribution in [0.5, 0.6) is 0 Å². The molecule has 2 fully saturated rings. The zero-order valence-electron chi connectivity index (χ0n) is 10.6. The fraction of sp³-hybridized carbons (Fsp3) is 0.571. The average Bonchev–Trinajstić information content (AvgIpc) is 2.28. The Morgan fingerprint density at radius 1 is 1.26 bits per heavy atom. The molecule has 2 saturated heterocycles. The van der Waals surface area contributed by atoms with Crippen molar-refractivity contribution >= 4 is 33.2 Å². The van der Waals surface area contributed by atoms with Gasteiger partial charge < -0.3 is 10.6 Å². The summed E-state index contributed by atoms with van der Waals surface area (Å²) in [6.07, 6.45) is 5.52. The molecule has 2 heterocycles. The molecular formula is C14H17BrClFN2. The summed E-state index contributed by atoms with van der Waals surface area (Å²) in [5.74, 6) is -0.306. The van der Waals surface area contributed by atoms with Crippen LogP contribution in [0.1, 0.15) is 32.1 Å². The van der Waals surface area contributed by atoms with E-state index in [-0.39, 0.29) is 11.9 Å². The van der Waals surface area contributed by atoms with Crippen molar-refractivity contribution in [1.29, 1.82) is 0 Å². The number of halogens is 3. The lowest BCUT2D eigenvalue weighted by Crippen LogP contribution is -2.55. The molecule has 0 radical (unpaired) electrons. The van der Waals surface area contributed by atoms with Crippen LogP contribution >= 0.6 is 27.5 Å². The van der Waals surface area contributed by atoms with Gasteiger partial charge in [-0.05, 0) is 60.2 Å². The van der Waals surface area contributed by atoms with Gasteiger partial charge in [0.15, 0.2) is 0 Å². The third kappa shape index (κ3) is 2.50. The SMILES string of the molecule is NC1CC2CCCC(C1)N2c1c(Cl)cc(F)cc1Br. The molecule has 3 rings (SSSR count). The van der Waals surface area contributed by atoms with E-state index in [0.29, 0.717) is 17.1 Å². The summed E-state index contributed by atoms with van der Waals surface area (Å²) in [7, 11) is 0. The molecule has 104 valence electrons. The number of fused-ring (bicyclic) bond motifs is 2. The first-order valence-electron chi connectivity index (χ1n) is 6.74. The Kier molecular flexibility index (Phi) is 3.76. The zero-order chi connectivity index (χ0) is 13.6. The lowest BCUT2D eigenvalue weighted by Gasteiger charge is -2.50. The van der Waals surface area contributed by atoms with Gasteiger partial charge >= 0.3 is 0 Å². The van der Waals surface area contributed by atoms with Gasteiger partial charge in [0.25, 0.3) is 0 Å². The second kappa shape index (κ2) is 5.23. The number of hydrogen-bond donors (Lipinski definition) is 1. The van der Waals surface area contributed by atoms with E-state index < -0.39 is 0 Å². The summed E-state index contributed by atoms with van der Waals surface area (Å²) in [6, 6.07) is 4.03. The third-order valence-electron chi connectivity index (χ3n) is 4.25. The van der Waals surface area contributed by atoms with Crippen molar-refractivity contribution < 1.29 is 4.39 Å². The molecule has 0 spiro atoms. The monoisotopic (exact) mass is 346 g/mol. The van der Waals surface area contributed by atoms with E-state index in [1.807, 2.05) is 0 Å². The highest BCUT2D eigenvalue weighted by Crippen LogP contribution is 2.44. The molecule has 1 aromatic carbocycles. The maximum Gasteiger partial charge on any atom is 0.125 e. The van der Waals surface area contributed by atoms with Crippen molar-refractivity contribution in [3.05, 3.63) is 27.4 Å². The number of hydrogen-bond acceptors (Lipinski definition) is 2. The van der Waals surface area contributed by atoms with Crippen LogP contribution in [-0.4, -0.2) is 18.1 Å². The lowest BCUT2D eigenvalue weighted by atomic mass is 9.81. The fourth-order valence-corrected chi connectivity index (χ4v) is 4.62. The van der Waals surface area contributed by atoms with E-state index >= 15 is 0 Å². The highest BCUT2D eigenvalue weighted by molar-refractivity contribution is 9.10. The Labute approximate surface area is 126 Å². The van der Waals surface area contributed by atoms with Crippen LogP contribution in [0.15, 0.2) is 16.6 Å². The zero-order valence-corrected chi connectivity index (χ0v) is 12.9. The lowest BCUT2D eigenvalue weighted by molar-refractivity contribution is 0.271. The van der Waals surface area contributed by atoms with Crippen LogP contribution in [0.3, 0.4) is 0 Å². The van der Waals surface area contributed by atoms with Gasteiger partial charge in [0.1, 0.15) is 5.82 Å². The first-order valence-corrected chi connectivity index (χ1v) is 7.92. The quantitative estimate of drug-likeness (QED) is 0.829. The van der Waals surface area contributed by atoms with Crippen molar-refractivity contribution in [3.63, 3.8) is 0 Å². The maximum absolute atomic E-state index is 13.4. The second-order valence-electron chi connectivity index (χ2n) is 5.60. The Morgan fingerprint density at radius 2 is 1.89 bits per heavy atom. The Bertz CT molecular complexity index is 459. The molecule has 0 aromatic heterocycles. The minimum absolute atomic E-state index is 0.282. The smallest absolute Gasteiger partial charge is 0.125 e. The molecule has 2 aliphatic heterocycles. The molecule has 2 nitrogen and oxygen atoms in total. The second-order valence-corrected chi connectivity index (χ2v) is 6.86. The minimum atomic E-state index is -0.306. The average molecular weight is 348 g/mol. The Morgan fingerprint density at radius 3 is 2.47 bits per heavy atom. The predicted molar refractivity (Wildman–Crippen MR) is 80.2 cm³/mol. The van der Waals surface area contributed by atoms with Crippen LogP contribution in [0.4, 0.5) is 10.1 Å². The summed E-state index contributed by atoms with van der Waals surface area (Å²) in [5, 5.41) is 0.485. The molecule has 2 atom stereocenters. The van der Waals surface area contributed by atoms with Crippen molar-refractivity contribution in [1.82, 2.24) is 0 Å². The van der Waals surface area contributed by atoms with Gasteiger partial charge in [-0.1, -0.05) is 11.6 Å². The standard InChI is InChI=1S/C14H17BrClFN2/c15-12-4-8(17)5-13(16)14(12)19-10-2-1-3-11(19)7-9(18)6-10/h4-5,9-11H,1-3,6-7,18H2. The molecule has 2 bridgehead atoms. The van der Waals surface area contributed by atoms with Crippen molar-refractivity contribution in [2.75, 3.05) is 4.90 Å². The largest absolute Gasteiger partial charge is 0.363 e. The molecule has 2 unspecified atom stereocenters. The van der Waals surface area contributed by atoms with Gasteiger partial charge in [-0.25, -0.2) is 4.39 Å². The summed E-state index contributed by atoms with van der Waals surface area (Å²) in [4.78, 5) is 2.37. The minimum Gasteiger partial charge on any atom is -0.363 e. The van der Waals surface area contributed by atoms with Gasteiger partial charge in [0.2, 0.25) is 0 Å². The van der Waals surface area contributed by atoms with Crippen LogP contribution in [-0.2, 0) is 0 Å². The summed E-state index contributed by atoms with van der Waals surface area (Å²) in [5.41, 5.74) is 7.07. The van der Waals surface area contributed by atoms with E-state index in [2.05, 4.69) is 20.8 Å². The number of nitrogens with two attached hydrogens (primary N) is 1. The third-order valence-corrected chi connectivity index (χ3v) is 5.14. The van der Waals surface area contributed by atoms with Crippen molar-refractivity contribution in [2.45, 2.75) is 50.2 Å². The van der Waals surface area contributed by atoms with Gasteiger partial charge in [0.05, 0.1) is 10.7 Å². The van der Waals surface area contributed by atoms with Crippen LogP contribution in [0.2, 0.25) is 5.02 Å². The number of benzene rings is 1. The predicted octanol–water partition coefficient (Wildman–Crippen LogP) is 4.09. The first-order chi connectivity index (χ1) is 9.06. The van der Waals surface area contributed by atoms with Gasteiger partial charge in [-0.2, -0.15) is 0 Å². The molecule has 2 N–H and O–H groups in total. The molecule has 1 aromatic rings. The maximum atomic E-state index is 13.4. The van der Waals surface area contributed by atoms with Gasteiger partial charge in [-0.3, -0.25) is 0 Å². The molecule has 5 heteroatoms. The van der Waals surface area contributed by atoms with Crippen LogP contribution in [0.25, 0.3) is 0 Å². The molecule has 2 aliphatic rings. The van der Waals surface area contributed by atoms with Crippen LogP contribution in [0, 0.1) is 5.82 Å². The summed E-state index contributed by atoms with van der Waals surface area (Å²) < 4.78 is 14.1. The highest BCUT2D eigenvalue weighted by atomic mass is 79.9. The molecule has 0 aliphatic carbocycles. The number of anilines is 1. The van der Waals surface area contributed by atoms with Gasteiger partial charge in [-0.15, -0.1) is 0 Å². The Hall–Kier alpha value is -0.320. The number of nitrogens with zero attached hydrogens (tertiary/aromatic N) is 1. The molecular weight excluding hydrogens is 331 g/mol. The summed E-state index contributed by atoms with van der Waals surface area (Å²) in [6.45, 7) is 0. The first kappa shape index (κ1) is 13.7. The van der Waals surface area contributed by atoms with E-state index in [0.717, 1.165) is 35.8 Å². The number of rotatable bonds is 1. The van der Waals surface area contributed by atoms with Crippen molar-refractivity contribution in [3.8, 4) is 0 Å². The molecule has 0 saturated carbocycles. The van der Waals surface area contributed by atoms with E-state index in [1.165, 1.54) is 18.6 Å². The molecule has 19 heavy (non-hydrogen) atoms.